The zero-order chi connectivity index (χ0) is 11.5. The molecule has 0 saturated carbocycles. The molecule has 0 aliphatic heterocycles. The first-order valence-electron chi connectivity index (χ1n) is 4.14. The summed E-state index contributed by atoms with van der Waals surface area (Å²) in [6.45, 7) is -0.264. The molecule has 0 amide bonds. The molecule has 3 N–H and O–H groups in total. The molecular weight excluding hydrogens is 211 g/mol. The molecule has 1 atom stereocenters. The van der Waals surface area contributed by atoms with Gasteiger partial charge in [0.15, 0.2) is 0 Å². The van der Waals surface area contributed by atoms with E-state index in [0.29, 0.717) is 5.56 Å². The van der Waals surface area contributed by atoms with Crippen molar-refractivity contribution in [3.63, 3.8) is 0 Å². The molecule has 0 spiro atoms. The van der Waals surface area contributed by atoms with Crippen LogP contribution in [0.2, 0.25) is 0 Å². The third-order valence-electron chi connectivity index (χ3n) is 1.74. The predicted molar refractivity (Wildman–Crippen MR) is 47.1 cm³/mol. The first kappa shape index (κ1) is 11.8. The van der Waals surface area contributed by atoms with Crippen LogP contribution in [0.25, 0.3) is 0 Å². The van der Waals surface area contributed by atoms with Crippen LogP contribution in [0.3, 0.4) is 0 Å². The Bertz CT molecular complexity index is 310. The average molecular weight is 221 g/mol. The number of benzene rings is 1. The Kier molecular flexibility index (Phi) is 3.54. The van der Waals surface area contributed by atoms with Crippen molar-refractivity contribution >= 4 is 0 Å². The molecule has 3 nitrogen and oxygen atoms in total. The van der Waals surface area contributed by atoms with Gasteiger partial charge in [-0.15, -0.1) is 13.2 Å². The summed E-state index contributed by atoms with van der Waals surface area (Å²) in [5, 5.41) is 8.71. The van der Waals surface area contributed by atoms with Gasteiger partial charge in [-0.25, -0.2) is 0 Å². The second-order valence-corrected chi connectivity index (χ2v) is 2.91. The lowest BCUT2D eigenvalue weighted by Crippen LogP contribution is -2.17. The number of hydrogen-bond acceptors (Lipinski definition) is 3. The van der Waals surface area contributed by atoms with E-state index < -0.39 is 12.4 Å². The number of hydrogen-bond donors (Lipinski definition) is 2. The van der Waals surface area contributed by atoms with Crippen LogP contribution >= 0.6 is 0 Å². The van der Waals surface area contributed by atoms with Crippen molar-refractivity contribution in [3.8, 4) is 5.75 Å². The summed E-state index contributed by atoms with van der Waals surface area (Å²) in [5.74, 6) is -0.309. The molecule has 0 unspecified atom stereocenters. The van der Waals surface area contributed by atoms with Gasteiger partial charge in [0, 0.05) is 0 Å². The van der Waals surface area contributed by atoms with E-state index in [1.54, 1.807) is 0 Å². The molecule has 0 aromatic heterocycles. The maximum Gasteiger partial charge on any atom is 0.573 e. The molecule has 0 fully saturated rings. The van der Waals surface area contributed by atoms with Gasteiger partial charge in [0.05, 0.1) is 12.6 Å². The van der Waals surface area contributed by atoms with Gasteiger partial charge in [0.25, 0.3) is 0 Å². The number of aliphatic hydroxyl groups excluding tert-OH is 1. The highest BCUT2D eigenvalue weighted by molar-refractivity contribution is 5.29. The highest BCUT2D eigenvalue weighted by atomic mass is 19.4. The molecular formula is C9H10F3NO2. The maximum absolute atomic E-state index is 11.8. The van der Waals surface area contributed by atoms with Crippen LogP contribution in [0.1, 0.15) is 11.6 Å². The van der Waals surface area contributed by atoms with Crippen molar-refractivity contribution in [3.05, 3.63) is 29.8 Å². The quantitative estimate of drug-likeness (QED) is 0.814. The van der Waals surface area contributed by atoms with E-state index in [1.165, 1.54) is 12.1 Å². The highest BCUT2D eigenvalue weighted by Crippen LogP contribution is 2.23. The van der Waals surface area contributed by atoms with Crippen molar-refractivity contribution in [2.75, 3.05) is 6.61 Å². The van der Waals surface area contributed by atoms with Crippen LogP contribution in [0.5, 0.6) is 5.75 Å². The molecule has 0 bridgehead atoms. The smallest absolute Gasteiger partial charge is 0.406 e. The fraction of sp³-hybridized carbons (Fsp3) is 0.333. The average Bonchev–Trinajstić information content (AvgIpc) is 2.15. The first-order valence-corrected chi connectivity index (χ1v) is 4.14. The van der Waals surface area contributed by atoms with Gasteiger partial charge >= 0.3 is 6.36 Å². The molecule has 84 valence electrons. The van der Waals surface area contributed by atoms with Gasteiger partial charge in [-0.2, -0.15) is 0 Å². The minimum absolute atomic E-state index is 0.264. The topological polar surface area (TPSA) is 55.5 Å². The van der Waals surface area contributed by atoms with E-state index in [2.05, 4.69) is 4.74 Å². The Morgan fingerprint density at radius 1 is 1.27 bits per heavy atom. The van der Waals surface area contributed by atoms with E-state index in [-0.39, 0.29) is 12.4 Å². The Morgan fingerprint density at radius 2 is 1.80 bits per heavy atom. The third-order valence-corrected chi connectivity index (χ3v) is 1.74. The molecule has 1 aromatic rings. The molecule has 0 aliphatic rings. The second kappa shape index (κ2) is 4.50. The number of nitrogens with two attached hydrogens (primary N) is 1. The molecule has 0 saturated heterocycles. The Hall–Kier alpha value is -1.27. The Labute approximate surface area is 84.3 Å². The number of aliphatic hydroxyl groups is 1. The molecule has 15 heavy (non-hydrogen) atoms. The zero-order valence-corrected chi connectivity index (χ0v) is 7.66. The van der Waals surface area contributed by atoms with Crippen LogP contribution in [0, 0.1) is 0 Å². The van der Waals surface area contributed by atoms with Gasteiger partial charge in [-0.3, -0.25) is 0 Å². The van der Waals surface area contributed by atoms with Crippen molar-refractivity contribution in [2.45, 2.75) is 12.4 Å². The fourth-order valence-electron chi connectivity index (χ4n) is 1.02. The molecule has 0 radical (unpaired) electrons. The summed E-state index contributed by atoms with van der Waals surface area (Å²) in [4.78, 5) is 0. The van der Waals surface area contributed by atoms with E-state index >= 15 is 0 Å². The normalized spacial score (nSPS) is 13.7. The van der Waals surface area contributed by atoms with Crippen LogP contribution in [0.4, 0.5) is 13.2 Å². The van der Waals surface area contributed by atoms with Gasteiger partial charge in [0.1, 0.15) is 5.75 Å². The second-order valence-electron chi connectivity index (χ2n) is 2.91. The largest absolute Gasteiger partial charge is 0.573 e. The number of alkyl halides is 3. The van der Waals surface area contributed by atoms with Crippen molar-refractivity contribution in [1.29, 1.82) is 0 Å². The molecule has 0 heterocycles. The summed E-state index contributed by atoms with van der Waals surface area (Å²) in [6, 6.07) is 4.46. The van der Waals surface area contributed by atoms with Crippen molar-refractivity contribution in [1.82, 2.24) is 0 Å². The summed E-state index contributed by atoms with van der Waals surface area (Å²) in [5.41, 5.74) is 6.01. The molecule has 1 aromatic carbocycles. The van der Waals surface area contributed by atoms with Crippen molar-refractivity contribution < 1.29 is 23.0 Å². The molecule has 0 aliphatic carbocycles. The maximum atomic E-state index is 11.8. The highest BCUT2D eigenvalue weighted by Gasteiger charge is 2.30. The Balaban J connectivity index is 2.72. The van der Waals surface area contributed by atoms with Crippen LogP contribution < -0.4 is 10.5 Å². The van der Waals surface area contributed by atoms with Crippen molar-refractivity contribution in [2.24, 2.45) is 5.73 Å². The predicted octanol–water partition coefficient (Wildman–Crippen LogP) is 1.58. The molecule has 6 heteroatoms. The number of halogens is 3. The minimum Gasteiger partial charge on any atom is -0.406 e. The molecule has 1 rings (SSSR count). The summed E-state index contributed by atoms with van der Waals surface area (Å²) < 4.78 is 39.0. The third kappa shape index (κ3) is 3.77. The lowest BCUT2D eigenvalue weighted by molar-refractivity contribution is -0.274. The SMILES string of the molecule is N[C@@H](CO)c1ccc(OC(F)(F)F)cc1. The zero-order valence-electron chi connectivity index (χ0n) is 7.66. The fourth-order valence-corrected chi connectivity index (χ4v) is 1.02. The first-order chi connectivity index (χ1) is 6.92. The van der Waals surface area contributed by atoms with E-state index in [9.17, 15) is 13.2 Å². The van der Waals surface area contributed by atoms with Gasteiger partial charge < -0.3 is 15.6 Å². The van der Waals surface area contributed by atoms with Crippen LogP contribution in [-0.2, 0) is 0 Å². The van der Waals surface area contributed by atoms with E-state index in [1.807, 2.05) is 0 Å². The van der Waals surface area contributed by atoms with Gasteiger partial charge in [-0.05, 0) is 17.7 Å². The monoisotopic (exact) mass is 221 g/mol. The van der Waals surface area contributed by atoms with Crippen LogP contribution in [-0.4, -0.2) is 18.1 Å². The lowest BCUT2D eigenvalue weighted by Gasteiger charge is -2.11. The van der Waals surface area contributed by atoms with E-state index in [0.717, 1.165) is 12.1 Å². The van der Waals surface area contributed by atoms with E-state index in [4.69, 9.17) is 10.8 Å². The van der Waals surface area contributed by atoms with Gasteiger partial charge in [-0.1, -0.05) is 12.1 Å². The summed E-state index contributed by atoms with van der Waals surface area (Å²) in [7, 11) is 0. The standard InChI is InChI=1S/C9H10F3NO2/c10-9(11,12)15-7-3-1-6(2-4-7)8(13)5-14/h1-4,8,14H,5,13H2/t8-/m0/s1. The lowest BCUT2D eigenvalue weighted by atomic mass is 10.1. The Morgan fingerprint density at radius 3 is 2.20 bits per heavy atom. The van der Waals surface area contributed by atoms with Crippen LogP contribution in [0.15, 0.2) is 24.3 Å². The number of ether oxygens (including phenoxy) is 1. The number of rotatable bonds is 3. The minimum atomic E-state index is -4.69. The summed E-state index contributed by atoms with van der Waals surface area (Å²) in [6.07, 6.45) is -4.69. The van der Waals surface area contributed by atoms with Gasteiger partial charge in [0.2, 0.25) is 0 Å². The summed E-state index contributed by atoms with van der Waals surface area (Å²) >= 11 is 0.